The highest BCUT2D eigenvalue weighted by Crippen LogP contribution is 2.29. The SMILES string of the molecule is C[C@@H](Sc1nnc(NCc2ccco2)s1)C(=O)NCc1ccccc1Cl. The van der Waals surface area contributed by atoms with E-state index in [0.717, 1.165) is 15.7 Å². The average Bonchev–Trinajstić information content (AvgIpc) is 3.30. The van der Waals surface area contributed by atoms with Gasteiger partial charge in [0.2, 0.25) is 11.0 Å². The maximum absolute atomic E-state index is 12.3. The number of hydrogen-bond donors (Lipinski definition) is 2. The molecule has 0 aliphatic heterocycles. The van der Waals surface area contributed by atoms with Gasteiger partial charge in [0, 0.05) is 11.6 Å². The Kier molecular flexibility index (Phi) is 6.54. The molecular weight excluding hydrogens is 392 g/mol. The fraction of sp³-hybridized carbons (Fsp3) is 0.235. The van der Waals surface area contributed by atoms with E-state index in [2.05, 4.69) is 20.8 Å². The topological polar surface area (TPSA) is 80.1 Å². The summed E-state index contributed by atoms with van der Waals surface area (Å²) in [7, 11) is 0. The predicted molar refractivity (Wildman–Crippen MR) is 105 cm³/mol. The number of nitrogens with one attached hydrogen (secondary N) is 2. The summed E-state index contributed by atoms with van der Waals surface area (Å²) in [6.07, 6.45) is 1.63. The second-order valence-electron chi connectivity index (χ2n) is 5.38. The van der Waals surface area contributed by atoms with Gasteiger partial charge in [-0.1, -0.05) is 52.9 Å². The van der Waals surface area contributed by atoms with E-state index in [-0.39, 0.29) is 11.2 Å². The van der Waals surface area contributed by atoms with Crippen LogP contribution in [0.5, 0.6) is 0 Å². The van der Waals surface area contributed by atoms with Crippen molar-refractivity contribution in [2.24, 2.45) is 0 Å². The fourth-order valence-electron chi connectivity index (χ4n) is 2.08. The largest absolute Gasteiger partial charge is 0.467 e. The fourth-order valence-corrected chi connectivity index (χ4v) is 4.20. The minimum absolute atomic E-state index is 0.0739. The first-order valence-electron chi connectivity index (χ1n) is 7.89. The number of hydrogen-bond acceptors (Lipinski definition) is 7. The first kappa shape index (κ1) is 18.8. The van der Waals surface area contributed by atoms with Gasteiger partial charge in [-0.2, -0.15) is 0 Å². The highest BCUT2D eigenvalue weighted by molar-refractivity contribution is 8.02. The van der Waals surface area contributed by atoms with Crippen molar-refractivity contribution in [1.82, 2.24) is 15.5 Å². The average molecular weight is 409 g/mol. The van der Waals surface area contributed by atoms with Crippen molar-refractivity contribution >= 4 is 45.7 Å². The molecule has 3 rings (SSSR count). The highest BCUT2D eigenvalue weighted by Gasteiger charge is 2.17. The van der Waals surface area contributed by atoms with Crippen LogP contribution in [0.3, 0.4) is 0 Å². The summed E-state index contributed by atoms with van der Waals surface area (Å²) in [5, 5.41) is 15.3. The van der Waals surface area contributed by atoms with Crippen molar-refractivity contribution in [3.63, 3.8) is 0 Å². The second kappa shape index (κ2) is 9.07. The molecule has 0 fully saturated rings. The van der Waals surface area contributed by atoms with Crippen LogP contribution >= 0.6 is 34.7 Å². The molecule has 1 aromatic carbocycles. The van der Waals surface area contributed by atoms with E-state index < -0.39 is 0 Å². The van der Waals surface area contributed by atoms with Gasteiger partial charge in [-0.25, -0.2) is 0 Å². The summed E-state index contributed by atoms with van der Waals surface area (Å²) in [4.78, 5) is 12.3. The lowest BCUT2D eigenvalue weighted by Gasteiger charge is -2.11. The Morgan fingerprint density at radius 2 is 2.12 bits per heavy atom. The summed E-state index contributed by atoms with van der Waals surface area (Å²) in [6.45, 7) is 2.78. The normalized spacial score (nSPS) is 11.9. The van der Waals surface area contributed by atoms with Crippen molar-refractivity contribution in [3.05, 3.63) is 59.0 Å². The number of carbonyl (C=O) groups excluding carboxylic acids is 1. The quantitative estimate of drug-likeness (QED) is 0.544. The predicted octanol–water partition coefficient (Wildman–Crippen LogP) is 4.19. The number of anilines is 1. The Labute approximate surface area is 164 Å². The molecule has 9 heteroatoms. The molecule has 0 aliphatic rings. The molecule has 3 aromatic rings. The van der Waals surface area contributed by atoms with Crippen LogP contribution in [-0.4, -0.2) is 21.4 Å². The van der Waals surface area contributed by atoms with Gasteiger partial charge in [0.1, 0.15) is 5.76 Å². The summed E-state index contributed by atoms with van der Waals surface area (Å²) < 4.78 is 5.99. The summed E-state index contributed by atoms with van der Waals surface area (Å²) in [5.41, 5.74) is 0.889. The van der Waals surface area contributed by atoms with E-state index >= 15 is 0 Å². The van der Waals surface area contributed by atoms with Gasteiger partial charge in [-0.15, -0.1) is 10.2 Å². The van der Waals surface area contributed by atoms with Crippen molar-refractivity contribution in [3.8, 4) is 0 Å². The van der Waals surface area contributed by atoms with Crippen LogP contribution in [0.15, 0.2) is 51.4 Å². The van der Waals surface area contributed by atoms with Gasteiger partial charge < -0.3 is 15.1 Å². The Morgan fingerprint density at radius 3 is 2.88 bits per heavy atom. The van der Waals surface area contributed by atoms with E-state index in [1.165, 1.54) is 23.1 Å². The van der Waals surface area contributed by atoms with Crippen LogP contribution in [0.1, 0.15) is 18.2 Å². The first-order chi connectivity index (χ1) is 12.6. The number of thioether (sulfide) groups is 1. The van der Waals surface area contributed by atoms with Crippen molar-refractivity contribution in [1.29, 1.82) is 0 Å². The number of nitrogens with zero attached hydrogens (tertiary/aromatic N) is 2. The number of aromatic nitrogens is 2. The number of halogens is 1. The molecule has 1 atom stereocenters. The summed E-state index contributed by atoms with van der Waals surface area (Å²) in [6, 6.07) is 11.2. The Bertz CT molecular complexity index is 854. The third-order valence-electron chi connectivity index (χ3n) is 3.46. The van der Waals surface area contributed by atoms with Gasteiger partial charge in [-0.05, 0) is 30.7 Å². The zero-order valence-electron chi connectivity index (χ0n) is 13.9. The molecule has 0 unspecified atom stereocenters. The van der Waals surface area contributed by atoms with Crippen LogP contribution in [0.25, 0.3) is 0 Å². The van der Waals surface area contributed by atoms with Crippen LogP contribution in [-0.2, 0) is 17.9 Å². The minimum Gasteiger partial charge on any atom is -0.467 e. The molecule has 2 N–H and O–H groups in total. The maximum Gasteiger partial charge on any atom is 0.233 e. The third kappa shape index (κ3) is 5.23. The Hall–Kier alpha value is -2.03. The Balaban J connectivity index is 1.47. The van der Waals surface area contributed by atoms with Crippen LogP contribution < -0.4 is 10.6 Å². The molecule has 0 spiro atoms. The molecule has 2 heterocycles. The monoisotopic (exact) mass is 408 g/mol. The van der Waals surface area contributed by atoms with Gasteiger partial charge in [-0.3, -0.25) is 4.79 Å². The second-order valence-corrected chi connectivity index (χ2v) is 8.35. The van der Waals surface area contributed by atoms with Crippen LogP contribution in [0, 0.1) is 0 Å². The molecule has 0 aliphatic carbocycles. The van der Waals surface area contributed by atoms with Gasteiger partial charge in [0.15, 0.2) is 4.34 Å². The molecule has 2 aromatic heterocycles. The molecule has 1 amide bonds. The molecule has 26 heavy (non-hydrogen) atoms. The number of rotatable bonds is 8. The smallest absolute Gasteiger partial charge is 0.233 e. The van der Waals surface area contributed by atoms with E-state index in [1.807, 2.05) is 37.3 Å². The van der Waals surface area contributed by atoms with Crippen LogP contribution in [0.4, 0.5) is 5.13 Å². The summed E-state index contributed by atoms with van der Waals surface area (Å²) in [5.74, 6) is 0.747. The van der Waals surface area contributed by atoms with E-state index in [9.17, 15) is 4.79 Å². The number of carbonyl (C=O) groups is 1. The maximum atomic E-state index is 12.3. The minimum atomic E-state index is -0.289. The first-order valence-corrected chi connectivity index (χ1v) is 9.97. The lowest BCUT2D eigenvalue weighted by Crippen LogP contribution is -2.30. The van der Waals surface area contributed by atoms with Gasteiger partial charge in [0.05, 0.1) is 18.1 Å². The molecule has 0 bridgehead atoms. The molecule has 0 radical (unpaired) electrons. The lowest BCUT2D eigenvalue weighted by molar-refractivity contribution is -0.120. The van der Waals surface area contributed by atoms with Crippen molar-refractivity contribution < 1.29 is 9.21 Å². The lowest BCUT2D eigenvalue weighted by atomic mass is 10.2. The summed E-state index contributed by atoms with van der Waals surface area (Å²) >= 11 is 8.88. The van der Waals surface area contributed by atoms with Gasteiger partial charge >= 0.3 is 0 Å². The van der Waals surface area contributed by atoms with Crippen molar-refractivity contribution in [2.45, 2.75) is 29.6 Å². The van der Waals surface area contributed by atoms with E-state index in [0.29, 0.717) is 23.2 Å². The zero-order chi connectivity index (χ0) is 18.4. The van der Waals surface area contributed by atoms with Crippen molar-refractivity contribution in [2.75, 3.05) is 5.32 Å². The standard InChI is InChI=1S/C17H17ClN4O2S2/c1-11(15(23)19-9-12-5-2-3-7-14(12)18)25-17-22-21-16(26-17)20-10-13-6-4-8-24-13/h2-8,11H,9-10H2,1H3,(H,19,23)(H,20,21)/t11-/m1/s1. The molecule has 136 valence electrons. The number of benzene rings is 1. The molecular formula is C17H17ClN4O2S2. The highest BCUT2D eigenvalue weighted by atomic mass is 35.5. The molecule has 6 nitrogen and oxygen atoms in total. The van der Waals surface area contributed by atoms with E-state index in [4.69, 9.17) is 16.0 Å². The zero-order valence-corrected chi connectivity index (χ0v) is 16.3. The van der Waals surface area contributed by atoms with E-state index in [1.54, 1.807) is 12.3 Å². The Morgan fingerprint density at radius 1 is 1.27 bits per heavy atom. The molecule has 0 saturated carbocycles. The number of furan rings is 1. The van der Waals surface area contributed by atoms with Gasteiger partial charge in [0.25, 0.3) is 0 Å². The third-order valence-corrected chi connectivity index (χ3v) is 5.89. The number of amides is 1. The molecule has 0 saturated heterocycles. The van der Waals surface area contributed by atoms with Crippen LogP contribution in [0.2, 0.25) is 5.02 Å².